The maximum atomic E-state index is 12.1. The van der Waals surface area contributed by atoms with Gasteiger partial charge in [0.15, 0.2) is 16.0 Å². The normalized spacial score (nSPS) is 12.3. The van der Waals surface area contributed by atoms with Crippen molar-refractivity contribution in [2.24, 2.45) is 0 Å². The minimum Gasteiger partial charge on any atom is -0.302 e. The van der Waals surface area contributed by atoms with Crippen molar-refractivity contribution in [2.75, 3.05) is 5.32 Å². The summed E-state index contributed by atoms with van der Waals surface area (Å²) in [4.78, 5) is 25.0. The lowest BCUT2D eigenvalue weighted by Crippen LogP contribution is -2.14. The van der Waals surface area contributed by atoms with Crippen LogP contribution in [0.3, 0.4) is 0 Å². The van der Waals surface area contributed by atoms with Crippen LogP contribution in [0, 0.1) is 0 Å². The van der Waals surface area contributed by atoms with Gasteiger partial charge in [-0.15, -0.1) is 22.7 Å². The molecule has 0 bridgehead atoms. The summed E-state index contributed by atoms with van der Waals surface area (Å²) in [5.41, 5.74) is 1.73. The molecule has 3 aromatic rings. The lowest BCUT2D eigenvalue weighted by atomic mass is 10.1. The number of rotatable bonds is 6. The molecule has 0 aliphatic heterocycles. The fraction of sp³-hybridized carbons (Fsp3) is 0.357. The van der Waals surface area contributed by atoms with Crippen LogP contribution in [-0.2, 0) is 11.2 Å². The molecule has 3 rings (SSSR count). The Kier molecular flexibility index (Phi) is 4.77. The van der Waals surface area contributed by atoms with Gasteiger partial charge < -0.3 is 5.32 Å². The Bertz CT molecular complexity index is 779. The Hall–Kier alpha value is -2.13. The topological polar surface area (TPSA) is 96.5 Å². The minimum absolute atomic E-state index is 0.121. The van der Waals surface area contributed by atoms with Gasteiger partial charge in [-0.25, -0.2) is 15.0 Å². The molecule has 3 heterocycles. The summed E-state index contributed by atoms with van der Waals surface area (Å²) in [6, 6.07) is 0. The van der Waals surface area contributed by atoms with Crippen LogP contribution >= 0.6 is 22.7 Å². The Morgan fingerprint density at radius 3 is 2.96 bits per heavy atom. The summed E-state index contributed by atoms with van der Waals surface area (Å²) in [6.45, 7) is 4.25. The monoisotopic (exact) mass is 348 g/mol. The van der Waals surface area contributed by atoms with Crippen molar-refractivity contribution >= 4 is 33.7 Å². The first-order valence-corrected chi connectivity index (χ1v) is 8.97. The van der Waals surface area contributed by atoms with Gasteiger partial charge in [0.2, 0.25) is 5.91 Å². The standard InChI is InChI=1S/C14H16N6OS2/c1-3-8(2)10-6-23-14(18-10)19-11(21)4-9-5-22-13(17-9)12-15-7-16-20-12/h5-8H,3-4H2,1-2H3,(H,15,16,20)(H,18,19,21)/t8-/m0/s1. The van der Waals surface area contributed by atoms with Gasteiger partial charge in [-0.05, 0) is 12.3 Å². The zero-order valence-corrected chi connectivity index (χ0v) is 14.4. The van der Waals surface area contributed by atoms with Crippen molar-refractivity contribution in [1.82, 2.24) is 25.1 Å². The van der Waals surface area contributed by atoms with E-state index in [1.807, 2.05) is 10.8 Å². The second kappa shape index (κ2) is 6.97. The average Bonchev–Trinajstić information content (AvgIpc) is 3.27. The maximum Gasteiger partial charge on any atom is 0.232 e. The molecule has 1 amide bonds. The molecule has 9 heteroatoms. The molecule has 0 aliphatic rings. The average molecular weight is 348 g/mol. The van der Waals surface area contributed by atoms with Gasteiger partial charge in [-0.1, -0.05) is 13.8 Å². The first-order chi connectivity index (χ1) is 11.2. The molecule has 0 fully saturated rings. The molecule has 0 radical (unpaired) electrons. The van der Waals surface area contributed by atoms with Crippen molar-refractivity contribution in [3.63, 3.8) is 0 Å². The highest BCUT2D eigenvalue weighted by Crippen LogP contribution is 2.24. The van der Waals surface area contributed by atoms with Crippen LogP contribution in [0.4, 0.5) is 5.13 Å². The molecule has 23 heavy (non-hydrogen) atoms. The van der Waals surface area contributed by atoms with E-state index in [0.717, 1.165) is 17.1 Å². The minimum atomic E-state index is -0.121. The molecule has 0 aromatic carbocycles. The van der Waals surface area contributed by atoms with Crippen LogP contribution in [0.1, 0.15) is 37.6 Å². The van der Waals surface area contributed by atoms with Crippen LogP contribution < -0.4 is 5.32 Å². The van der Waals surface area contributed by atoms with Gasteiger partial charge in [0.05, 0.1) is 17.8 Å². The van der Waals surface area contributed by atoms with Crippen molar-refractivity contribution < 1.29 is 4.79 Å². The van der Waals surface area contributed by atoms with Gasteiger partial charge in [0, 0.05) is 10.8 Å². The van der Waals surface area contributed by atoms with Gasteiger partial charge in [0.25, 0.3) is 0 Å². The highest BCUT2D eigenvalue weighted by atomic mass is 32.1. The number of H-pyrrole nitrogens is 1. The van der Waals surface area contributed by atoms with Gasteiger partial charge in [0.1, 0.15) is 6.33 Å². The van der Waals surface area contributed by atoms with Gasteiger partial charge >= 0.3 is 0 Å². The molecule has 0 spiro atoms. The molecule has 7 nitrogen and oxygen atoms in total. The van der Waals surface area contributed by atoms with Gasteiger partial charge in [-0.2, -0.15) is 5.10 Å². The van der Waals surface area contributed by atoms with E-state index >= 15 is 0 Å². The number of amides is 1. The molecule has 120 valence electrons. The number of nitrogens with zero attached hydrogens (tertiary/aromatic N) is 4. The Balaban J connectivity index is 1.60. The van der Waals surface area contributed by atoms with Crippen molar-refractivity contribution in [1.29, 1.82) is 0 Å². The number of hydrogen-bond donors (Lipinski definition) is 2. The van der Waals surface area contributed by atoms with Crippen molar-refractivity contribution in [2.45, 2.75) is 32.6 Å². The second-order valence-electron chi connectivity index (χ2n) is 5.09. The highest BCUT2D eigenvalue weighted by Gasteiger charge is 2.13. The van der Waals surface area contributed by atoms with E-state index in [1.165, 1.54) is 29.0 Å². The van der Waals surface area contributed by atoms with E-state index in [2.05, 4.69) is 44.3 Å². The Morgan fingerprint density at radius 2 is 2.22 bits per heavy atom. The number of thiazole rings is 2. The van der Waals surface area contributed by atoms with E-state index < -0.39 is 0 Å². The summed E-state index contributed by atoms with van der Waals surface area (Å²) in [5.74, 6) is 0.893. The summed E-state index contributed by atoms with van der Waals surface area (Å²) in [7, 11) is 0. The first kappa shape index (κ1) is 15.8. The van der Waals surface area contributed by atoms with Crippen LogP contribution in [0.15, 0.2) is 17.1 Å². The van der Waals surface area contributed by atoms with Gasteiger partial charge in [-0.3, -0.25) is 9.89 Å². The van der Waals surface area contributed by atoms with E-state index in [4.69, 9.17) is 0 Å². The van der Waals surface area contributed by atoms with Crippen LogP contribution in [-0.4, -0.2) is 31.1 Å². The fourth-order valence-corrected chi connectivity index (χ4v) is 3.52. The Labute approximate surface area is 141 Å². The summed E-state index contributed by atoms with van der Waals surface area (Å²) < 4.78 is 0. The maximum absolute atomic E-state index is 12.1. The molecule has 0 saturated carbocycles. The number of hydrogen-bond acceptors (Lipinski definition) is 7. The largest absolute Gasteiger partial charge is 0.302 e. The lowest BCUT2D eigenvalue weighted by molar-refractivity contribution is -0.115. The number of carbonyl (C=O) groups excluding carboxylic acids is 1. The van der Waals surface area contributed by atoms with E-state index in [0.29, 0.717) is 22.6 Å². The van der Waals surface area contributed by atoms with Crippen LogP contribution in [0.25, 0.3) is 10.8 Å². The molecule has 0 aliphatic carbocycles. The summed E-state index contributed by atoms with van der Waals surface area (Å²) >= 11 is 2.88. The number of nitrogens with one attached hydrogen (secondary N) is 2. The predicted molar refractivity (Wildman–Crippen MR) is 90.6 cm³/mol. The van der Waals surface area contributed by atoms with Crippen molar-refractivity contribution in [3.8, 4) is 10.8 Å². The quantitative estimate of drug-likeness (QED) is 0.713. The zero-order chi connectivity index (χ0) is 16.2. The molecule has 0 saturated heterocycles. The lowest BCUT2D eigenvalue weighted by Gasteiger charge is -2.03. The van der Waals surface area contributed by atoms with Crippen molar-refractivity contribution in [3.05, 3.63) is 28.5 Å². The van der Waals surface area contributed by atoms with E-state index in [-0.39, 0.29) is 12.3 Å². The molecular weight excluding hydrogens is 332 g/mol. The smallest absolute Gasteiger partial charge is 0.232 e. The molecule has 0 unspecified atom stereocenters. The second-order valence-corrected chi connectivity index (χ2v) is 6.81. The number of aromatic amines is 1. The number of aromatic nitrogens is 5. The Morgan fingerprint density at radius 1 is 1.35 bits per heavy atom. The number of carbonyl (C=O) groups is 1. The SMILES string of the molecule is CC[C@H](C)c1csc(NC(=O)Cc2csc(-c3ncn[nH]3)n2)n1. The predicted octanol–water partition coefficient (Wildman–Crippen LogP) is 3.08. The number of anilines is 1. The highest BCUT2D eigenvalue weighted by molar-refractivity contribution is 7.14. The van der Waals surface area contributed by atoms with Crippen LogP contribution in [0.5, 0.6) is 0 Å². The summed E-state index contributed by atoms with van der Waals surface area (Å²) in [5, 5.41) is 14.6. The molecule has 2 N–H and O–H groups in total. The molecular formula is C14H16N6OS2. The third-order valence-corrected chi connectivity index (χ3v) is 5.07. The zero-order valence-electron chi connectivity index (χ0n) is 12.7. The third-order valence-electron chi connectivity index (χ3n) is 3.40. The molecule has 3 aromatic heterocycles. The molecule has 1 atom stereocenters. The fourth-order valence-electron chi connectivity index (χ4n) is 1.91. The van der Waals surface area contributed by atoms with E-state index in [9.17, 15) is 4.79 Å². The first-order valence-electron chi connectivity index (χ1n) is 7.21. The third kappa shape index (κ3) is 3.80. The summed E-state index contributed by atoms with van der Waals surface area (Å²) in [6.07, 6.45) is 2.67. The van der Waals surface area contributed by atoms with E-state index in [1.54, 1.807) is 0 Å². The van der Waals surface area contributed by atoms with Crippen LogP contribution in [0.2, 0.25) is 0 Å².